The monoisotopic (exact) mass is 212 g/mol. The largest absolute Gasteiger partial charge is 0.0662 e. The summed E-state index contributed by atoms with van der Waals surface area (Å²) in [4.78, 5) is 0. The van der Waals surface area contributed by atoms with Crippen LogP contribution in [0, 0.1) is 6.92 Å². The zero-order valence-corrected chi connectivity index (χ0v) is 10.3. The van der Waals surface area contributed by atoms with Crippen molar-refractivity contribution in [2.24, 2.45) is 0 Å². The third kappa shape index (κ3) is 2.85. The minimum absolute atomic E-state index is 1.12. The highest BCUT2D eigenvalue weighted by Gasteiger charge is 2.08. The summed E-state index contributed by atoms with van der Waals surface area (Å²) in [5.41, 5.74) is 5.97. The molecule has 0 heterocycles. The van der Waals surface area contributed by atoms with Crippen molar-refractivity contribution in [1.82, 2.24) is 0 Å². The normalized spacial score (nSPS) is 14.9. The first-order valence-electron chi connectivity index (χ1n) is 6.21. The highest BCUT2D eigenvalue weighted by atomic mass is 14.1. The van der Waals surface area contributed by atoms with E-state index in [0.717, 1.165) is 6.42 Å². The molecule has 0 bridgehead atoms. The van der Waals surface area contributed by atoms with Crippen LogP contribution in [0.4, 0.5) is 0 Å². The van der Waals surface area contributed by atoms with Gasteiger partial charge in [-0.05, 0) is 31.7 Å². The van der Waals surface area contributed by atoms with E-state index in [4.69, 9.17) is 0 Å². The molecule has 0 aromatic heterocycles. The standard InChI is InChI=1S/C16H20/c1-3-5-14-8-9-16(11-14)12-15-7-4-6-13(2)10-15/h4,6-10H,3,5,11-12H2,1-2H3. The van der Waals surface area contributed by atoms with Crippen LogP contribution in [-0.4, -0.2) is 0 Å². The Hall–Kier alpha value is -1.30. The van der Waals surface area contributed by atoms with Crippen LogP contribution in [0.5, 0.6) is 0 Å². The van der Waals surface area contributed by atoms with E-state index in [2.05, 4.69) is 50.3 Å². The van der Waals surface area contributed by atoms with Gasteiger partial charge in [-0.25, -0.2) is 0 Å². The molecule has 0 fully saturated rings. The van der Waals surface area contributed by atoms with Crippen LogP contribution in [0.1, 0.15) is 37.3 Å². The Bertz CT molecular complexity index is 421. The van der Waals surface area contributed by atoms with Gasteiger partial charge in [0.05, 0.1) is 0 Å². The van der Waals surface area contributed by atoms with Gasteiger partial charge >= 0.3 is 0 Å². The van der Waals surface area contributed by atoms with E-state index in [-0.39, 0.29) is 0 Å². The quantitative estimate of drug-likeness (QED) is 0.684. The van der Waals surface area contributed by atoms with Crippen molar-refractivity contribution in [3.8, 4) is 0 Å². The van der Waals surface area contributed by atoms with Crippen molar-refractivity contribution in [3.05, 3.63) is 58.7 Å². The number of rotatable bonds is 4. The molecule has 0 nitrogen and oxygen atoms in total. The van der Waals surface area contributed by atoms with E-state index in [1.807, 2.05) is 0 Å². The Morgan fingerprint density at radius 2 is 1.94 bits per heavy atom. The molecule has 0 heteroatoms. The zero-order valence-electron chi connectivity index (χ0n) is 10.3. The SMILES string of the molecule is CCCC1=CC=C(Cc2cccc(C)c2)C1. The van der Waals surface area contributed by atoms with Gasteiger partial charge in [-0.1, -0.05) is 66.5 Å². The summed E-state index contributed by atoms with van der Waals surface area (Å²) in [6.07, 6.45) is 9.46. The van der Waals surface area contributed by atoms with Gasteiger partial charge in [0.2, 0.25) is 0 Å². The molecule has 0 saturated carbocycles. The Morgan fingerprint density at radius 3 is 2.69 bits per heavy atom. The van der Waals surface area contributed by atoms with Crippen molar-refractivity contribution in [2.45, 2.75) is 39.5 Å². The van der Waals surface area contributed by atoms with Gasteiger partial charge in [-0.15, -0.1) is 0 Å². The molecule has 0 radical (unpaired) electrons. The molecule has 0 N–H and O–H groups in total. The lowest BCUT2D eigenvalue weighted by Gasteiger charge is -2.05. The molecule has 0 atom stereocenters. The first-order chi connectivity index (χ1) is 7.78. The number of aryl methyl sites for hydroxylation is 1. The lowest BCUT2D eigenvalue weighted by molar-refractivity contribution is 0.868. The van der Waals surface area contributed by atoms with Crippen LogP contribution in [0.2, 0.25) is 0 Å². The minimum atomic E-state index is 1.12. The van der Waals surface area contributed by atoms with E-state index >= 15 is 0 Å². The summed E-state index contributed by atoms with van der Waals surface area (Å²) < 4.78 is 0. The van der Waals surface area contributed by atoms with E-state index in [1.165, 1.54) is 30.4 Å². The molecule has 84 valence electrons. The highest BCUT2D eigenvalue weighted by Crippen LogP contribution is 2.25. The average molecular weight is 212 g/mol. The van der Waals surface area contributed by atoms with Gasteiger partial charge in [0.25, 0.3) is 0 Å². The third-order valence-corrected chi connectivity index (χ3v) is 3.09. The van der Waals surface area contributed by atoms with Crippen LogP contribution in [0.15, 0.2) is 47.6 Å². The summed E-state index contributed by atoms with van der Waals surface area (Å²) in [6, 6.07) is 8.83. The second-order valence-electron chi connectivity index (χ2n) is 4.74. The molecular weight excluding hydrogens is 192 g/mol. The topological polar surface area (TPSA) is 0 Å². The van der Waals surface area contributed by atoms with Crippen molar-refractivity contribution in [3.63, 3.8) is 0 Å². The van der Waals surface area contributed by atoms with E-state index in [9.17, 15) is 0 Å². The van der Waals surface area contributed by atoms with Gasteiger partial charge < -0.3 is 0 Å². The molecule has 2 rings (SSSR count). The smallest absolute Gasteiger partial charge is 0.00607 e. The maximum atomic E-state index is 2.31. The second-order valence-corrected chi connectivity index (χ2v) is 4.74. The number of allylic oxidation sites excluding steroid dienone is 4. The highest BCUT2D eigenvalue weighted by molar-refractivity contribution is 5.35. The molecule has 0 amide bonds. The Labute approximate surface area is 98.7 Å². The van der Waals surface area contributed by atoms with Crippen molar-refractivity contribution in [1.29, 1.82) is 0 Å². The number of hydrogen-bond acceptors (Lipinski definition) is 0. The first kappa shape index (κ1) is 11.2. The molecule has 0 saturated heterocycles. The maximum Gasteiger partial charge on any atom is -0.00607 e. The summed E-state index contributed by atoms with van der Waals surface area (Å²) in [5, 5.41) is 0. The van der Waals surface area contributed by atoms with Crippen molar-refractivity contribution < 1.29 is 0 Å². The van der Waals surface area contributed by atoms with Gasteiger partial charge in [-0.2, -0.15) is 0 Å². The Kier molecular flexibility index (Phi) is 3.61. The van der Waals surface area contributed by atoms with Crippen LogP contribution in [0.3, 0.4) is 0 Å². The van der Waals surface area contributed by atoms with Crippen LogP contribution < -0.4 is 0 Å². The van der Waals surface area contributed by atoms with E-state index in [1.54, 1.807) is 11.1 Å². The van der Waals surface area contributed by atoms with Crippen LogP contribution in [0.25, 0.3) is 0 Å². The lowest BCUT2D eigenvalue weighted by Crippen LogP contribution is -1.90. The van der Waals surface area contributed by atoms with Gasteiger partial charge in [-0.3, -0.25) is 0 Å². The van der Waals surface area contributed by atoms with Crippen LogP contribution >= 0.6 is 0 Å². The maximum absolute atomic E-state index is 2.31. The Morgan fingerprint density at radius 1 is 1.12 bits per heavy atom. The third-order valence-electron chi connectivity index (χ3n) is 3.09. The van der Waals surface area contributed by atoms with Gasteiger partial charge in [0, 0.05) is 0 Å². The summed E-state index contributed by atoms with van der Waals surface area (Å²) >= 11 is 0. The number of hydrogen-bond donors (Lipinski definition) is 0. The van der Waals surface area contributed by atoms with Crippen molar-refractivity contribution in [2.75, 3.05) is 0 Å². The summed E-state index contributed by atoms with van der Waals surface area (Å²) in [5.74, 6) is 0. The van der Waals surface area contributed by atoms with Gasteiger partial charge in [0.1, 0.15) is 0 Å². The fourth-order valence-electron chi connectivity index (χ4n) is 2.34. The molecule has 0 unspecified atom stereocenters. The molecular formula is C16H20. The predicted octanol–water partition coefficient (Wildman–Crippen LogP) is 4.59. The molecule has 1 aliphatic rings. The predicted molar refractivity (Wildman–Crippen MR) is 70.6 cm³/mol. The number of benzene rings is 1. The molecule has 1 aliphatic carbocycles. The molecule has 16 heavy (non-hydrogen) atoms. The molecule has 1 aromatic carbocycles. The van der Waals surface area contributed by atoms with Crippen LogP contribution in [-0.2, 0) is 6.42 Å². The summed E-state index contributed by atoms with van der Waals surface area (Å²) in [7, 11) is 0. The summed E-state index contributed by atoms with van der Waals surface area (Å²) in [6.45, 7) is 4.41. The van der Waals surface area contributed by atoms with Crippen molar-refractivity contribution >= 4 is 0 Å². The second kappa shape index (κ2) is 5.16. The Balaban J connectivity index is 1.94. The lowest BCUT2D eigenvalue weighted by atomic mass is 10.00. The minimum Gasteiger partial charge on any atom is -0.0662 e. The van der Waals surface area contributed by atoms with Gasteiger partial charge in [0.15, 0.2) is 0 Å². The molecule has 0 spiro atoms. The average Bonchev–Trinajstić information content (AvgIpc) is 2.66. The van der Waals surface area contributed by atoms with E-state index in [0.29, 0.717) is 0 Å². The fourth-order valence-corrected chi connectivity index (χ4v) is 2.34. The first-order valence-corrected chi connectivity index (χ1v) is 6.21. The van der Waals surface area contributed by atoms with E-state index < -0.39 is 0 Å². The fraction of sp³-hybridized carbons (Fsp3) is 0.375. The molecule has 0 aliphatic heterocycles. The zero-order chi connectivity index (χ0) is 11.4. The molecule has 1 aromatic rings.